The van der Waals surface area contributed by atoms with Crippen molar-refractivity contribution < 1.29 is 19.1 Å². The molecule has 0 saturated heterocycles. The average molecular weight is 515 g/mol. The van der Waals surface area contributed by atoms with Gasteiger partial charge in [-0.1, -0.05) is 53.2 Å². The van der Waals surface area contributed by atoms with Crippen LogP contribution in [0.25, 0.3) is 16.6 Å². The van der Waals surface area contributed by atoms with Crippen molar-refractivity contribution in [2.75, 3.05) is 0 Å². The van der Waals surface area contributed by atoms with Crippen molar-refractivity contribution in [2.45, 2.75) is 13.0 Å². The molecule has 0 spiro atoms. The van der Waals surface area contributed by atoms with E-state index in [9.17, 15) is 14.0 Å². The second-order valence-electron chi connectivity index (χ2n) is 8.47. The summed E-state index contributed by atoms with van der Waals surface area (Å²) in [5.41, 5.74) is 4.72. The molecule has 37 heavy (non-hydrogen) atoms. The van der Waals surface area contributed by atoms with Crippen LogP contribution >= 0.6 is 11.6 Å². The lowest BCUT2D eigenvalue weighted by Crippen LogP contribution is -2.24. The molecule has 184 valence electrons. The molecule has 0 atom stereocenters. The lowest BCUT2D eigenvalue weighted by Gasteiger charge is -2.11. The highest BCUT2D eigenvalue weighted by Gasteiger charge is 2.19. The number of amides is 1. The molecular weight excluding hydrogens is 495 g/mol. The van der Waals surface area contributed by atoms with Crippen molar-refractivity contribution in [3.63, 3.8) is 0 Å². The van der Waals surface area contributed by atoms with Gasteiger partial charge in [-0.2, -0.15) is 0 Å². The van der Waals surface area contributed by atoms with E-state index in [1.165, 1.54) is 24.3 Å². The van der Waals surface area contributed by atoms with E-state index in [4.69, 9.17) is 16.7 Å². The fraction of sp³-hybridized carbons (Fsp3) is 0.0714. The van der Waals surface area contributed by atoms with Gasteiger partial charge in [0, 0.05) is 29.7 Å². The van der Waals surface area contributed by atoms with Gasteiger partial charge in [0.1, 0.15) is 11.3 Å². The summed E-state index contributed by atoms with van der Waals surface area (Å²) in [6.45, 7) is 0.191. The fourth-order valence-corrected chi connectivity index (χ4v) is 4.28. The highest BCUT2D eigenvalue weighted by molar-refractivity contribution is 6.30. The van der Waals surface area contributed by atoms with Crippen LogP contribution in [0, 0.1) is 5.82 Å². The molecule has 1 amide bonds. The van der Waals surface area contributed by atoms with E-state index in [1.54, 1.807) is 47.1 Å². The van der Waals surface area contributed by atoms with Crippen molar-refractivity contribution in [3.8, 4) is 11.1 Å². The number of benzene rings is 3. The van der Waals surface area contributed by atoms with Gasteiger partial charge in [-0.3, -0.25) is 4.79 Å². The van der Waals surface area contributed by atoms with E-state index >= 15 is 0 Å². The molecule has 2 heterocycles. The molecule has 0 bridgehead atoms. The van der Waals surface area contributed by atoms with E-state index in [-0.39, 0.29) is 23.8 Å². The molecule has 5 rings (SSSR count). The number of halogens is 2. The number of hydrogen-bond acceptors (Lipinski definition) is 4. The number of carbonyl (C=O) groups excluding carboxylic acids is 1. The second-order valence-corrected chi connectivity index (χ2v) is 8.91. The zero-order chi connectivity index (χ0) is 25.9. The molecule has 0 aliphatic carbocycles. The minimum absolute atomic E-state index is 0.166. The molecule has 3 aromatic carbocycles. The molecule has 9 heteroatoms. The fourth-order valence-electron chi connectivity index (χ4n) is 4.06. The smallest absolute Gasteiger partial charge is 0.335 e. The van der Waals surface area contributed by atoms with Crippen molar-refractivity contribution >= 4 is 29.0 Å². The predicted octanol–water partition coefficient (Wildman–Crippen LogP) is 5.41. The first-order valence-corrected chi connectivity index (χ1v) is 11.7. The molecule has 0 unspecified atom stereocenters. The maximum absolute atomic E-state index is 13.5. The third-order valence-corrected chi connectivity index (χ3v) is 6.15. The van der Waals surface area contributed by atoms with Crippen LogP contribution in [0.2, 0.25) is 5.02 Å². The molecule has 2 aromatic heterocycles. The normalized spacial score (nSPS) is 11.0. The third-order valence-electron chi connectivity index (χ3n) is 5.92. The molecule has 0 aliphatic heterocycles. The molecule has 5 aromatic rings. The lowest BCUT2D eigenvalue weighted by molar-refractivity contribution is 0.0696. The first-order chi connectivity index (χ1) is 17.9. The van der Waals surface area contributed by atoms with Crippen LogP contribution in [0.15, 0.2) is 85.1 Å². The van der Waals surface area contributed by atoms with Crippen LogP contribution in [-0.2, 0) is 13.0 Å². The zero-order valence-corrected chi connectivity index (χ0v) is 20.1. The number of aromatic nitrogens is 3. The van der Waals surface area contributed by atoms with Gasteiger partial charge in [0.05, 0.1) is 16.8 Å². The summed E-state index contributed by atoms with van der Waals surface area (Å²) in [6.07, 6.45) is 2.16. The van der Waals surface area contributed by atoms with Crippen LogP contribution in [0.1, 0.15) is 37.5 Å². The Labute approximate surface area is 216 Å². The topological polar surface area (TPSA) is 96.6 Å². The summed E-state index contributed by atoms with van der Waals surface area (Å²) in [4.78, 5) is 24.5. The highest BCUT2D eigenvalue weighted by atomic mass is 35.5. The monoisotopic (exact) mass is 514 g/mol. The quantitative estimate of drug-likeness (QED) is 0.303. The minimum Gasteiger partial charge on any atom is -0.478 e. The number of nitrogens with zero attached hydrogens (tertiary/aromatic N) is 3. The van der Waals surface area contributed by atoms with Crippen LogP contribution in [0.4, 0.5) is 4.39 Å². The Balaban J connectivity index is 1.52. The molecule has 0 radical (unpaired) electrons. The third kappa shape index (κ3) is 5.34. The highest BCUT2D eigenvalue weighted by Crippen LogP contribution is 2.26. The summed E-state index contributed by atoms with van der Waals surface area (Å²) >= 11 is 6.15. The number of nitrogens with one attached hydrogen (secondary N) is 1. The van der Waals surface area contributed by atoms with E-state index in [0.717, 1.165) is 11.1 Å². The number of rotatable bonds is 7. The summed E-state index contributed by atoms with van der Waals surface area (Å²) in [5, 5.41) is 21.2. The van der Waals surface area contributed by atoms with Crippen molar-refractivity contribution in [2.24, 2.45) is 0 Å². The van der Waals surface area contributed by atoms with E-state index in [1.807, 2.05) is 18.2 Å². The molecule has 0 aliphatic rings. The summed E-state index contributed by atoms with van der Waals surface area (Å²) in [5.74, 6) is -1.73. The predicted molar refractivity (Wildman–Crippen MR) is 137 cm³/mol. The number of hydrogen-bond donors (Lipinski definition) is 2. The van der Waals surface area contributed by atoms with Gasteiger partial charge >= 0.3 is 5.97 Å². The number of carboxylic acid groups (broad SMARTS) is 1. The number of carbonyl (C=O) groups is 2. The van der Waals surface area contributed by atoms with Gasteiger partial charge in [0.15, 0.2) is 0 Å². The average Bonchev–Trinajstić information content (AvgIpc) is 3.30. The van der Waals surface area contributed by atoms with Gasteiger partial charge in [0.25, 0.3) is 5.91 Å². The van der Waals surface area contributed by atoms with Crippen molar-refractivity contribution in [1.82, 2.24) is 20.1 Å². The van der Waals surface area contributed by atoms with E-state index in [0.29, 0.717) is 39.3 Å². The minimum atomic E-state index is -1.02. The lowest BCUT2D eigenvalue weighted by atomic mass is 10.0. The zero-order valence-electron chi connectivity index (χ0n) is 19.4. The maximum atomic E-state index is 13.5. The SMILES string of the molecule is O=C(O)c1ccc(CNC(=O)c2cc(-c3ccc(F)cc3)cn3nnc(Cc4cccc(Cl)c4)c23)cc1. The van der Waals surface area contributed by atoms with Crippen molar-refractivity contribution in [1.29, 1.82) is 0 Å². The summed E-state index contributed by atoms with van der Waals surface area (Å²) < 4.78 is 15.0. The van der Waals surface area contributed by atoms with Crippen LogP contribution in [0.5, 0.6) is 0 Å². The van der Waals surface area contributed by atoms with E-state index < -0.39 is 5.97 Å². The van der Waals surface area contributed by atoms with Gasteiger partial charge in [-0.05, 0) is 59.2 Å². The Bertz CT molecular complexity index is 1620. The largest absolute Gasteiger partial charge is 0.478 e. The summed E-state index contributed by atoms with van der Waals surface area (Å²) in [6, 6.07) is 21.4. The number of fused-ring (bicyclic) bond motifs is 1. The second kappa shape index (κ2) is 10.2. The van der Waals surface area contributed by atoms with E-state index in [2.05, 4.69) is 15.6 Å². The maximum Gasteiger partial charge on any atom is 0.335 e. The van der Waals surface area contributed by atoms with Gasteiger partial charge in [0.2, 0.25) is 0 Å². The first-order valence-electron chi connectivity index (χ1n) is 11.4. The standard InChI is InChI=1S/C28H20ClFN4O3/c29-22-3-1-2-18(12-22)13-25-26-24(27(35)31-15-17-4-6-20(7-5-17)28(36)37)14-21(16-34(26)33-32-25)19-8-10-23(30)11-9-19/h1-12,14,16H,13,15H2,(H,31,35)(H,36,37). The molecule has 0 fully saturated rings. The number of aromatic carboxylic acids is 1. The summed E-state index contributed by atoms with van der Waals surface area (Å²) in [7, 11) is 0. The molecule has 7 nitrogen and oxygen atoms in total. The first kappa shape index (κ1) is 24.1. The van der Waals surface area contributed by atoms with Crippen molar-refractivity contribution in [3.05, 3.63) is 124 Å². The Hall–Kier alpha value is -4.56. The Morgan fingerprint density at radius 2 is 1.70 bits per heavy atom. The Kier molecular flexibility index (Phi) is 6.66. The van der Waals surface area contributed by atoms with Crippen LogP contribution < -0.4 is 5.32 Å². The van der Waals surface area contributed by atoms with Crippen LogP contribution in [0.3, 0.4) is 0 Å². The van der Waals surface area contributed by atoms with Gasteiger partial charge in [-0.25, -0.2) is 13.7 Å². The Morgan fingerprint density at radius 3 is 2.41 bits per heavy atom. The van der Waals surface area contributed by atoms with Gasteiger partial charge in [-0.15, -0.1) is 5.10 Å². The molecule has 2 N–H and O–H groups in total. The molecule has 0 saturated carbocycles. The van der Waals surface area contributed by atoms with Crippen LogP contribution in [-0.4, -0.2) is 31.8 Å². The number of pyridine rings is 1. The number of carboxylic acids is 1. The Morgan fingerprint density at radius 1 is 0.946 bits per heavy atom. The molecular formula is C28H20ClFN4O3. The van der Waals surface area contributed by atoms with Gasteiger partial charge < -0.3 is 10.4 Å².